The van der Waals surface area contributed by atoms with E-state index in [0.29, 0.717) is 0 Å². The molecule has 0 radical (unpaired) electrons. The van der Waals surface area contributed by atoms with Gasteiger partial charge in [-0.15, -0.1) is 0 Å². The second-order valence-electron chi connectivity index (χ2n) is 3.37. The molecule has 90 valence electrons. The van der Waals surface area contributed by atoms with Crippen LogP contribution in [0.3, 0.4) is 0 Å². The fourth-order valence-corrected chi connectivity index (χ4v) is 1.53. The Hall–Kier alpha value is -2.22. The molecule has 0 amide bonds. The lowest BCUT2D eigenvalue weighted by atomic mass is 10.2. The average molecular weight is 239 g/mol. The van der Waals surface area contributed by atoms with E-state index in [4.69, 9.17) is 14.7 Å². The summed E-state index contributed by atoms with van der Waals surface area (Å²) in [7, 11) is 0. The number of carboxylic acids is 1. The molecule has 2 rings (SSSR count). The van der Waals surface area contributed by atoms with Gasteiger partial charge in [-0.3, -0.25) is 4.79 Å². The van der Waals surface area contributed by atoms with Crippen LogP contribution in [-0.2, 0) is 6.54 Å². The summed E-state index contributed by atoms with van der Waals surface area (Å²) in [6.07, 6.45) is 0. The summed E-state index contributed by atoms with van der Waals surface area (Å²) in [5.41, 5.74) is -0.994. The molecule has 0 aliphatic carbocycles. The van der Waals surface area contributed by atoms with Crippen LogP contribution in [0.2, 0.25) is 0 Å². The average Bonchev–Trinajstić information content (AvgIpc) is 2.65. The topological polar surface area (TPSA) is 118 Å². The lowest BCUT2D eigenvalue weighted by Crippen LogP contribution is -2.27. The number of carboxylic acid groups (broad SMARTS) is 1. The summed E-state index contributed by atoms with van der Waals surface area (Å²) in [5.74, 6) is -1.06. The van der Waals surface area contributed by atoms with E-state index in [-0.39, 0.29) is 35.5 Å². The predicted molar refractivity (Wildman–Crippen MR) is 54.8 cm³/mol. The highest BCUT2D eigenvalue weighted by molar-refractivity contribution is 6.00. The SMILES string of the molecule is Cc1onc2c(=O)n(CCO)nc(C(=O)O)c12. The largest absolute Gasteiger partial charge is 0.476 e. The number of hydrogen-bond acceptors (Lipinski definition) is 6. The molecular weight excluding hydrogens is 230 g/mol. The molecule has 2 heterocycles. The van der Waals surface area contributed by atoms with E-state index in [1.807, 2.05) is 0 Å². The standard InChI is InChI=1S/C9H9N3O5/c1-4-5-6(11-17-4)8(14)12(2-3-13)10-7(5)9(15)16/h13H,2-3H2,1H3,(H,15,16). The van der Waals surface area contributed by atoms with Crippen molar-refractivity contribution in [1.29, 1.82) is 0 Å². The number of aryl methyl sites for hydroxylation is 1. The van der Waals surface area contributed by atoms with Crippen LogP contribution in [0.5, 0.6) is 0 Å². The highest BCUT2D eigenvalue weighted by Gasteiger charge is 2.21. The Kier molecular flexibility index (Phi) is 2.64. The maximum atomic E-state index is 11.8. The second kappa shape index (κ2) is 3.98. The molecule has 0 aliphatic heterocycles. The Morgan fingerprint density at radius 1 is 1.53 bits per heavy atom. The molecule has 0 saturated carbocycles. The number of carbonyl (C=O) groups is 1. The zero-order valence-corrected chi connectivity index (χ0v) is 8.88. The molecule has 8 nitrogen and oxygen atoms in total. The van der Waals surface area contributed by atoms with Crippen LogP contribution >= 0.6 is 0 Å². The zero-order chi connectivity index (χ0) is 12.6. The first-order valence-electron chi connectivity index (χ1n) is 4.77. The van der Waals surface area contributed by atoms with E-state index >= 15 is 0 Å². The molecule has 0 saturated heterocycles. The van der Waals surface area contributed by atoms with Crippen molar-refractivity contribution in [3.05, 3.63) is 21.8 Å². The van der Waals surface area contributed by atoms with Gasteiger partial charge in [0.2, 0.25) is 0 Å². The van der Waals surface area contributed by atoms with Crippen LogP contribution in [0, 0.1) is 6.92 Å². The van der Waals surface area contributed by atoms with E-state index in [1.165, 1.54) is 6.92 Å². The van der Waals surface area contributed by atoms with Crippen molar-refractivity contribution in [3.63, 3.8) is 0 Å². The van der Waals surface area contributed by atoms with Gasteiger partial charge in [0.15, 0.2) is 11.2 Å². The molecule has 2 N–H and O–H groups in total. The first-order valence-corrected chi connectivity index (χ1v) is 4.77. The third-order valence-corrected chi connectivity index (χ3v) is 2.27. The smallest absolute Gasteiger partial charge is 0.357 e. The Labute approximate surface area is 94.1 Å². The molecule has 0 atom stereocenters. The van der Waals surface area contributed by atoms with E-state index in [9.17, 15) is 9.59 Å². The summed E-state index contributed by atoms with van der Waals surface area (Å²) < 4.78 is 5.65. The number of nitrogens with zero attached hydrogens (tertiary/aromatic N) is 3. The highest BCUT2D eigenvalue weighted by atomic mass is 16.5. The van der Waals surface area contributed by atoms with Crippen LogP contribution in [0.25, 0.3) is 10.9 Å². The van der Waals surface area contributed by atoms with Gasteiger partial charge in [0.05, 0.1) is 18.5 Å². The van der Waals surface area contributed by atoms with Crippen molar-refractivity contribution in [1.82, 2.24) is 14.9 Å². The minimum absolute atomic E-state index is 0.0941. The molecule has 17 heavy (non-hydrogen) atoms. The number of aliphatic hydroxyl groups excluding tert-OH is 1. The van der Waals surface area contributed by atoms with E-state index < -0.39 is 11.5 Å². The minimum atomic E-state index is -1.28. The molecular formula is C9H9N3O5. The molecule has 0 bridgehead atoms. The summed E-state index contributed by atoms with van der Waals surface area (Å²) in [4.78, 5) is 22.8. The van der Waals surface area contributed by atoms with Crippen LogP contribution < -0.4 is 5.56 Å². The van der Waals surface area contributed by atoms with E-state index in [2.05, 4.69) is 10.3 Å². The highest BCUT2D eigenvalue weighted by Crippen LogP contribution is 2.17. The number of aromatic carboxylic acids is 1. The van der Waals surface area contributed by atoms with Crippen molar-refractivity contribution < 1.29 is 19.5 Å². The van der Waals surface area contributed by atoms with Crippen LogP contribution in [0.4, 0.5) is 0 Å². The van der Waals surface area contributed by atoms with Crippen LogP contribution in [-0.4, -0.2) is 37.7 Å². The molecule has 0 spiro atoms. The van der Waals surface area contributed by atoms with Crippen molar-refractivity contribution in [2.75, 3.05) is 6.61 Å². The molecule has 0 unspecified atom stereocenters. The molecule has 0 fully saturated rings. The maximum Gasteiger partial charge on any atom is 0.357 e. The first kappa shape index (κ1) is 11.3. The van der Waals surface area contributed by atoms with Crippen molar-refractivity contribution in [3.8, 4) is 0 Å². The summed E-state index contributed by atoms with van der Waals surface area (Å²) >= 11 is 0. The van der Waals surface area contributed by atoms with Gasteiger partial charge in [-0.25, -0.2) is 9.48 Å². The predicted octanol–water partition coefficient (Wildman–Crippen LogP) is -0.617. The van der Waals surface area contributed by atoms with Crippen LogP contribution in [0.15, 0.2) is 9.32 Å². The quantitative estimate of drug-likeness (QED) is 0.732. The lowest BCUT2D eigenvalue weighted by molar-refractivity contribution is 0.0689. The Balaban J connectivity index is 2.86. The van der Waals surface area contributed by atoms with Gasteiger partial charge in [0.1, 0.15) is 5.76 Å². The number of aromatic nitrogens is 3. The third kappa shape index (κ3) is 1.68. The Bertz CT molecular complexity index is 642. The molecule has 2 aromatic rings. The Morgan fingerprint density at radius 2 is 2.24 bits per heavy atom. The lowest BCUT2D eigenvalue weighted by Gasteiger charge is -2.03. The number of aliphatic hydroxyl groups is 1. The fourth-order valence-electron chi connectivity index (χ4n) is 1.53. The maximum absolute atomic E-state index is 11.8. The second-order valence-corrected chi connectivity index (χ2v) is 3.37. The molecule has 2 aromatic heterocycles. The molecule has 8 heteroatoms. The van der Waals surface area contributed by atoms with Gasteiger partial charge >= 0.3 is 5.97 Å². The number of fused-ring (bicyclic) bond motifs is 1. The summed E-state index contributed by atoms with van der Waals surface area (Å²) in [6, 6.07) is 0. The molecule has 0 aromatic carbocycles. The first-order chi connectivity index (χ1) is 8.06. The normalized spacial score (nSPS) is 10.9. The van der Waals surface area contributed by atoms with Gasteiger partial charge in [0.25, 0.3) is 5.56 Å². The van der Waals surface area contributed by atoms with Gasteiger partial charge in [0, 0.05) is 0 Å². The van der Waals surface area contributed by atoms with E-state index in [0.717, 1.165) is 4.68 Å². The number of hydrogen-bond donors (Lipinski definition) is 2. The van der Waals surface area contributed by atoms with Gasteiger partial charge in [-0.05, 0) is 6.92 Å². The Morgan fingerprint density at radius 3 is 2.82 bits per heavy atom. The van der Waals surface area contributed by atoms with E-state index in [1.54, 1.807) is 0 Å². The summed E-state index contributed by atoms with van der Waals surface area (Å²) in [5, 5.41) is 25.0. The van der Waals surface area contributed by atoms with Gasteiger partial charge in [-0.1, -0.05) is 5.16 Å². The van der Waals surface area contributed by atoms with Crippen LogP contribution in [0.1, 0.15) is 16.2 Å². The van der Waals surface area contributed by atoms with Gasteiger partial charge in [-0.2, -0.15) is 5.10 Å². The number of rotatable bonds is 3. The third-order valence-electron chi connectivity index (χ3n) is 2.27. The van der Waals surface area contributed by atoms with Crippen molar-refractivity contribution in [2.24, 2.45) is 0 Å². The van der Waals surface area contributed by atoms with Crippen molar-refractivity contribution >= 4 is 16.9 Å². The zero-order valence-electron chi connectivity index (χ0n) is 8.88. The molecule has 0 aliphatic rings. The van der Waals surface area contributed by atoms with Gasteiger partial charge < -0.3 is 14.7 Å². The monoisotopic (exact) mass is 239 g/mol. The van der Waals surface area contributed by atoms with Crippen molar-refractivity contribution in [2.45, 2.75) is 13.5 Å². The summed E-state index contributed by atoms with van der Waals surface area (Å²) in [6.45, 7) is 1.08. The fraction of sp³-hybridized carbons (Fsp3) is 0.333. The minimum Gasteiger partial charge on any atom is -0.476 e.